The molecular weight excluding hydrogens is 337 g/mol. The van der Waals surface area contributed by atoms with Crippen molar-refractivity contribution >= 4 is 16.9 Å². The topological polar surface area (TPSA) is 68.5 Å². The highest BCUT2D eigenvalue weighted by molar-refractivity contribution is 5.96. The molecule has 1 aromatic heterocycles. The summed E-state index contributed by atoms with van der Waals surface area (Å²) in [6, 6.07) is 14.6. The smallest absolute Gasteiger partial charge is 0.349 e. The number of hydrogen-bond donors (Lipinski definition) is 1. The van der Waals surface area contributed by atoms with Gasteiger partial charge >= 0.3 is 5.63 Å². The fraction of sp³-hybridized carbons (Fsp3) is 0.200. The van der Waals surface area contributed by atoms with Crippen LogP contribution in [-0.2, 0) is 10.3 Å². The molecule has 0 aliphatic carbocycles. The van der Waals surface area contributed by atoms with Crippen LogP contribution in [0.15, 0.2) is 63.8 Å². The molecule has 5 nitrogen and oxygen atoms in total. The molecule has 0 radical (unpaired) electrons. The number of fused-ring (bicyclic) bond motifs is 1. The van der Waals surface area contributed by atoms with E-state index in [4.69, 9.17) is 9.15 Å². The third-order valence-electron chi connectivity index (χ3n) is 4.37. The molecule has 1 atom stereocenters. The number of ether oxygens (including phenoxy) is 1. The summed E-state index contributed by atoms with van der Waals surface area (Å²) in [6.07, 6.45) is 0. The van der Waals surface area contributed by atoms with Crippen molar-refractivity contribution in [2.75, 3.05) is 13.7 Å². The standard InChI is InChI=1S/C20H18FNO4/c1-20(25-2,15-8-4-5-9-16(15)21)12-22-18(23)14-11-13-7-3-6-10-17(13)26-19(14)24/h3-11H,12H2,1-2H3,(H,22,23). The molecule has 1 unspecified atom stereocenters. The van der Waals surface area contributed by atoms with Crippen LogP contribution in [-0.4, -0.2) is 19.6 Å². The number of carbonyl (C=O) groups is 1. The van der Waals surface area contributed by atoms with Gasteiger partial charge in [-0.25, -0.2) is 9.18 Å². The number of methoxy groups -OCH3 is 1. The van der Waals surface area contributed by atoms with Crippen molar-refractivity contribution < 1.29 is 18.3 Å². The van der Waals surface area contributed by atoms with Crippen LogP contribution in [0, 0.1) is 5.82 Å². The number of hydrogen-bond acceptors (Lipinski definition) is 4. The molecule has 26 heavy (non-hydrogen) atoms. The van der Waals surface area contributed by atoms with Gasteiger partial charge in [-0.15, -0.1) is 0 Å². The van der Waals surface area contributed by atoms with Crippen molar-refractivity contribution in [3.63, 3.8) is 0 Å². The third kappa shape index (κ3) is 3.36. The number of rotatable bonds is 5. The Balaban J connectivity index is 1.85. The van der Waals surface area contributed by atoms with Gasteiger partial charge in [0, 0.05) is 18.1 Å². The lowest BCUT2D eigenvalue weighted by atomic mass is 9.95. The fourth-order valence-electron chi connectivity index (χ4n) is 2.73. The maximum atomic E-state index is 14.1. The van der Waals surface area contributed by atoms with Gasteiger partial charge in [-0.2, -0.15) is 0 Å². The van der Waals surface area contributed by atoms with Gasteiger partial charge in [0.05, 0.1) is 6.54 Å². The summed E-state index contributed by atoms with van der Waals surface area (Å²) in [4.78, 5) is 24.5. The van der Waals surface area contributed by atoms with E-state index in [-0.39, 0.29) is 12.1 Å². The van der Waals surface area contributed by atoms with Gasteiger partial charge in [0.15, 0.2) is 0 Å². The zero-order valence-corrected chi connectivity index (χ0v) is 14.4. The Bertz CT molecular complexity index is 1010. The van der Waals surface area contributed by atoms with Crippen molar-refractivity contribution in [1.82, 2.24) is 5.32 Å². The Hall–Kier alpha value is -2.99. The van der Waals surface area contributed by atoms with Crippen LogP contribution in [0.3, 0.4) is 0 Å². The summed E-state index contributed by atoms with van der Waals surface area (Å²) < 4.78 is 24.7. The molecular formula is C20H18FNO4. The Morgan fingerprint density at radius 3 is 2.62 bits per heavy atom. The Labute approximate surface area is 149 Å². The lowest BCUT2D eigenvalue weighted by Crippen LogP contribution is -2.41. The van der Waals surface area contributed by atoms with Gasteiger partial charge in [-0.3, -0.25) is 4.79 Å². The van der Waals surface area contributed by atoms with Crippen molar-refractivity contribution in [3.05, 3.63) is 82.0 Å². The van der Waals surface area contributed by atoms with Crippen molar-refractivity contribution in [2.45, 2.75) is 12.5 Å². The molecule has 3 aromatic rings. The van der Waals surface area contributed by atoms with E-state index < -0.39 is 23.0 Å². The normalized spacial score (nSPS) is 13.3. The first kappa shape index (κ1) is 17.8. The number of benzene rings is 2. The highest BCUT2D eigenvalue weighted by Gasteiger charge is 2.30. The van der Waals surface area contributed by atoms with Crippen LogP contribution in [0.25, 0.3) is 11.0 Å². The molecule has 1 N–H and O–H groups in total. The van der Waals surface area contributed by atoms with Crippen molar-refractivity contribution in [2.24, 2.45) is 0 Å². The minimum atomic E-state index is -1.09. The Morgan fingerprint density at radius 1 is 1.19 bits per heavy atom. The summed E-state index contributed by atoms with van der Waals surface area (Å²) in [5, 5.41) is 3.27. The number of para-hydroxylation sites is 1. The minimum absolute atomic E-state index is 0.0183. The molecule has 0 spiro atoms. The molecule has 0 saturated carbocycles. The largest absolute Gasteiger partial charge is 0.422 e. The van der Waals surface area contributed by atoms with E-state index in [1.165, 1.54) is 19.2 Å². The molecule has 134 valence electrons. The average Bonchev–Trinajstić information content (AvgIpc) is 2.65. The van der Waals surface area contributed by atoms with E-state index in [9.17, 15) is 14.0 Å². The summed E-state index contributed by atoms with van der Waals surface area (Å²) in [5.74, 6) is -1.04. The van der Waals surface area contributed by atoms with Crippen molar-refractivity contribution in [3.8, 4) is 0 Å². The van der Waals surface area contributed by atoms with Crippen LogP contribution in [0.1, 0.15) is 22.8 Å². The van der Waals surface area contributed by atoms with Crippen LogP contribution in [0.4, 0.5) is 4.39 Å². The number of carbonyl (C=O) groups excluding carboxylic acids is 1. The van der Waals surface area contributed by atoms with Gasteiger partial charge in [0.2, 0.25) is 0 Å². The van der Waals surface area contributed by atoms with E-state index in [2.05, 4.69) is 5.32 Å². The third-order valence-corrected chi connectivity index (χ3v) is 4.37. The molecule has 0 saturated heterocycles. The molecule has 6 heteroatoms. The zero-order chi connectivity index (χ0) is 18.7. The van der Waals surface area contributed by atoms with Crippen LogP contribution in [0.5, 0.6) is 0 Å². The van der Waals surface area contributed by atoms with E-state index >= 15 is 0 Å². The highest BCUT2D eigenvalue weighted by Crippen LogP contribution is 2.26. The number of halogens is 1. The summed E-state index contributed by atoms with van der Waals surface area (Å²) in [5.41, 5.74) is -1.21. The van der Waals surface area contributed by atoms with Crippen LogP contribution >= 0.6 is 0 Å². The van der Waals surface area contributed by atoms with E-state index in [1.807, 2.05) is 0 Å². The predicted octanol–water partition coefficient (Wildman–Crippen LogP) is 3.22. The second kappa shape index (κ2) is 7.09. The lowest BCUT2D eigenvalue weighted by molar-refractivity contribution is 0.000359. The molecule has 0 fully saturated rings. The maximum absolute atomic E-state index is 14.1. The molecule has 0 aliphatic heterocycles. The summed E-state index contributed by atoms with van der Waals surface area (Å²) >= 11 is 0. The lowest BCUT2D eigenvalue weighted by Gasteiger charge is -2.29. The number of amides is 1. The minimum Gasteiger partial charge on any atom is -0.422 e. The molecule has 2 aromatic carbocycles. The van der Waals surface area contributed by atoms with Gasteiger partial charge in [0.1, 0.15) is 22.6 Å². The predicted molar refractivity (Wildman–Crippen MR) is 95.6 cm³/mol. The monoisotopic (exact) mass is 355 g/mol. The Kier molecular flexibility index (Phi) is 4.86. The second-order valence-electron chi connectivity index (χ2n) is 6.08. The molecule has 1 amide bonds. The molecule has 1 heterocycles. The highest BCUT2D eigenvalue weighted by atomic mass is 19.1. The van der Waals surface area contributed by atoms with Crippen molar-refractivity contribution in [1.29, 1.82) is 0 Å². The van der Waals surface area contributed by atoms with Gasteiger partial charge in [-0.05, 0) is 25.1 Å². The molecule has 3 rings (SSSR count). The molecule has 0 bridgehead atoms. The van der Waals surface area contributed by atoms with E-state index in [1.54, 1.807) is 49.4 Å². The van der Waals surface area contributed by atoms with Crippen LogP contribution in [0.2, 0.25) is 0 Å². The first-order valence-electron chi connectivity index (χ1n) is 8.06. The SMILES string of the molecule is COC(C)(CNC(=O)c1cc2ccccc2oc1=O)c1ccccc1F. The first-order valence-corrected chi connectivity index (χ1v) is 8.06. The van der Waals surface area contributed by atoms with Gasteiger partial charge in [0.25, 0.3) is 5.91 Å². The van der Waals surface area contributed by atoms with Gasteiger partial charge < -0.3 is 14.5 Å². The average molecular weight is 355 g/mol. The fourth-order valence-corrected chi connectivity index (χ4v) is 2.73. The number of nitrogens with one attached hydrogen (secondary N) is 1. The second-order valence-corrected chi connectivity index (χ2v) is 6.08. The maximum Gasteiger partial charge on any atom is 0.349 e. The van der Waals surface area contributed by atoms with E-state index in [0.29, 0.717) is 16.5 Å². The quantitative estimate of drug-likeness (QED) is 0.714. The zero-order valence-electron chi connectivity index (χ0n) is 14.4. The first-order chi connectivity index (χ1) is 12.4. The summed E-state index contributed by atoms with van der Waals surface area (Å²) in [6.45, 7) is 1.64. The van der Waals surface area contributed by atoms with Gasteiger partial charge in [-0.1, -0.05) is 36.4 Å². The Morgan fingerprint density at radius 2 is 1.88 bits per heavy atom. The summed E-state index contributed by atoms with van der Waals surface area (Å²) in [7, 11) is 1.43. The molecule has 0 aliphatic rings. The van der Waals surface area contributed by atoms with E-state index in [0.717, 1.165) is 0 Å². The van der Waals surface area contributed by atoms with Crippen LogP contribution < -0.4 is 10.9 Å².